The average Bonchev–Trinajstić information content (AvgIpc) is 2.12. The highest BCUT2D eigenvalue weighted by Gasteiger charge is 2.14. The lowest BCUT2D eigenvalue weighted by Crippen LogP contribution is -2.35. The Hall–Kier alpha value is -1.16. The molecule has 0 aliphatic rings. The lowest BCUT2D eigenvalue weighted by Gasteiger charge is -2.25. The Morgan fingerprint density at radius 3 is 2.06 bits per heavy atom. The summed E-state index contributed by atoms with van der Waals surface area (Å²) in [6.07, 6.45) is 3.59. The van der Waals surface area contributed by atoms with Crippen LogP contribution in [0.4, 0.5) is 5.69 Å². The monoisotopic (exact) mass is 236 g/mol. The Labute approximate surface area is 104 Å². The van der Waals surface area contributed by atoms with Gasteiger partial charge in [-0.05, 0) is 41.5 Å². The summed E-state index contributed by atoms with van der Waals surface area (Å²) < 4.78 is 0. The topological polar surface area (TPSA) is 49.8 Å². The molecule has 0 atom stereocenters. The second-order valence-corrected chi connectivity index (χ2v) is 6.41. The van der Waals surface area contributed by atoms with Crippen molar-refractivity contribution in [3.05, 3.63) is 18.0 Å². The van der Waals surface area contributed by atoms with Gasteiger partial charge in [-0.1, -0.05) is 0 Å². The largest absolute Gasteiger partial charge is 0.379 e. The zero-order valence-corrected chi connectivity index (χ0v) is 11.8. The van der Waals surface area contributed by atoms with E-state index in [0.29, 0.717) is 0 Å². The van der Waals surface area contributed by atoms with Gasteiger partial charge in [-0.2, -0.15) is 10.2 Å². The molecule has 0 radical (unpaired) electrons. The maximum absolute atomic E-state index is 3.95. The van der Waals surface area contributed by atoms with Crippen LogP contribution >= 0.6 is 0 Å². The minimum absolute atomic E-state index is 0.0273. The first-order valence-corrected chi connectivity index (χ1v) is 6.00. The van der Waals surface area contributed by atoms with Crippen LogP contribution in [0.15, 0.2) is 12.4 Å². The lowest BCUT2D eigenvalue weighted by molar-refractivity contribution is 0.424. The molecule has 1 aromatic rings. The predicted molar refractivity (Wildman–Crippen MR) is 72.0 cm³/mol. The molecule has 1 rings (SSSR count). The van der Waals surface area contributed by atoms with Crippen LogP contribution in [0.3, 0.4) is 0 Å². The van der Waals surface area contributed by atoms with E-state index in [1.807, 2.05) is 6.20 Å². The molecule has 4 heteroatoms. The smallest absolute Gasteiger partial charge is 0.0731 e. The molecule has 0 bridgehead atoms. The Balaban J connectivity index is 2.78. The fraction of sp³-hybridized carbons (Fsp3) is 0.692. The number of anilines is 1. The number of hydrogen-bond donors (Lipinski definition) is 2. The second kappa shape index (κ2) is 5.00. The first-order valence-electron chi connectivity index (χ1n) is 6.00. The quantitative estimate of drug-likeness (QED) is 0.847. The number of nitrogens with zero attached hydrogens (tertiary/aromatic N) is 2. The molecule has 2 N–H and O–H groups in total. The van der Waals surface area contributed by atoms with Gasteiger partial charge in [-0.3, -0.25) is 0 Å². The first-order chi connectivity index (χ1) is 7.67. The van der Waals surface area contributed by atoms with Gasteiger partial charge in [-0.15, -0.1) is 0 Å². The van der Waals surface area contributed by atoms with Crippen molar-refractivity contribution in [2.45, 2.75) is 59.2 Å². The van der Waals surface area contributed by atoms with Crippen molar-refractivity contribution in [2.75, 3.05) is 5.32 Å². The summed E-state index contributed by atoms with van der Waals surface area (Å²) in [6, 6.07) is 0. The van der Waals surface area contributed by atoms with Gasteiger partial charge in [0.2, 0.25) is 0 Å². The third-order valence-electron chi connectivity index (χ3n) is 2.13. The number of nitrogens with one attached hydrogen (secondary N) is 2. The summed E-state index contributed by atoms with van der Waals surface area (Å²) in [5.41, 5.74) is 2.32. The third-order valence-corrected chi connectivity index (χ3v) is 2.13. The normalized spacial score (nSPS) is 12.6. The molecule has 0 aliphatic heterocycles. The van der Waals surface area contributed by atoms with Crippen molar-refractivity contribution < 1.29 is 0 Å². The molecule has 0 fully saturated rings. The van der Waals surface area contributed by atoms with Crippen molar-refractivity contribution in [3.8, 4) is 0 Å². The van der Waals surface area contributed by atoms with E-state index in [4.69, 9.17) is 0 Å². The highest BCUT2D eigenvalue weighted by Crippen LogP contribution is 2.18. The minimum atomic E-state index is 0.0273. The molecule has 1 aromatic heterocycles. The van der Waals surface area contributed by atoms with Gasteiger partial charge in [0.25, 0.3) is 0 Å². The number of rotatable bonds is 3. The molecule has 0 aromatic carbocycles. The van der Waals surface area contributed by atoms with Gasteiger partial charge in [0, 0.05) is 23.2 Å². The molecule has 0 saturated carbocycles. The molecule has 1 heterocycles. The zero-order valence-electron chi connectivity index (χ0n) is 11.8. The second-order valence-electron chi connectivity index (χ2n) is 6.41. The van der Waals surface area contributed by atoms with E-state index in [-0.39, 0.29) is 11.1 Å². The van der Waals surface area contributed by atoms with Gasteiger partial charge in [-0.25, -0.2) is 0 Å². The zero-order chi connectivity index (χ0) is 13.1. The van der Waals surface area contributed by atoms with Crippen LogP contribution in [0.2, 0.25) is 0 Å². The van der Waals surface area contributed by atoms with E-state index in [9.17, 15) is 0 Å². The van der Waals surface area contributed by atoms with Crippen molar-refractivity contribution in [1.82, 2.24) is 15.5 Å². The maximum atomic E-state index is 3.95. The van der Waals surface area contributed by atoms with Crippen molar-refractivity contribution in [2.24, 2.45) is 0 Å². The molecule has 0 spiro atoms. The van der Waals surface area contributed by atoms with Crippen LogP contribution in [0, 0.1) is 0 Å². The molecular formula is C13H24N4. The van der Waals surface area contributed by atoms with Gasteiger partial charge in [0.05, 0.1) is 18.1 Å². The van der Waals surface area contributed by atoms with Crippen molar-refractivity contribution in [1.29, 1.82) is 0 Å². The molecule has 4 nitrogen and oxygen atoms in total. The van der Waals surface area contributed by atoms with Gasteiger partial charge in [0.15, 0.2) is 0 Å². The summed E-state index contributed by atoms with van der Waals surface area (Å²) in [7, 11) is 0. The highest BCUT2D eigenvalue weighted by atomic mass is 15.1. The first kappa shape index (κ1) is 13.9. The van der Waals surface area contributed by atoms with E-state index < -0.39 is 0 Å². The number of hydrogen-bond acceptors (Lipinski definition) is 4. The SMILES string of the molecule is CC(C)(C)NCc1cnncc1NC(C)(C)C. The van der Waals surface area contributed by atoms with E-state index in [1.54, 1.807) is 6.20 Å². The highest BCUT2D eigenvalue weighted by molar-refractivity contribution is 5.49. The van der Waals surface area contributed by atoms with Crippen LogP contribution in [0.1, 0.15) is 47.1 Å². The molecule has 96 valence electrons. The van der Waals surface area contributed by atoms with Crippen molar-refractivity contribution >= 4 is 5.69 Å². The fourth-order valence-corrected chi connectivity index (χ4v) is 1.36. The Morgan fingerprint density at radius 1 is 0.941 bits per heavy atom. The minimum Gasteiger partial charge on any atom is -0.379 e. The molecule has 17 heavy (non-hydrogen) atoms. The Morgan fingerprint density at radius 2 is 1.53 bits per heavy atom. The molecule has 0 amide bonds. The van der Waals surface area contributed by atoms with Crippen LogP contribution < -0.4 is 10.6 Å². The van der Waals surface area contributed by atoms with E-state index in [0.717, 1.165) is 17.8 Å². The van der Waals surface area contributed by atoms with E-state index in [1.165, 1.54) is 0 Å². The molecule has 0 aliphatic carbocycles. The summed E-state index contributed by atoms with van der Waals surface area (Å²) >= 11 is 0. The summed E-state index contributed by atoms with van der Waals surface area (Å²) in [5, 5.41) is 14.8. The fourth-order valence-electron chi connectivity index (χ4n) is 1.36. The molecule has 0 unspecified atom stereocenters. The van der Waals surface area contributed by atoms with Crippen LogP contribution in [-0.4, -0.2) is 21.3 Å². The van der Waals surface area contributed by atoms with Crippen molar-refractivity contribution in [3.63, 3.8) is 0 Å². The van der Waals surface area contributed by atoms with Crippen LogP contribution in [0.5, 0.6) is 0 Å². The average molecular weight is 236 g/mol. The Kier molecular flexibility index (Phi) is 4.09. The maximum Gasteiger partial charge on any atom is 0.0731 e. The summed E-state index contributed by atoms with van der Waals surface area (Å²) in [6.45, 7) is 13.6. The summed E-state index contributed by atoms with van der Waals surface area (Å²) in [5.74, 6) is 0. The third kappa shape index (κ3) is 5.63. The molecule has 0 saturated heterocycles. The van der Waals surface area contributed by atoms with Crippen LogP contribution in [-0.2, 0) is 6.54 Å². The lowest BCUT2D eigenvalue weighted by atomic mass is 10.1. The Bertz CT molecular complexity index is 360. The van der Waals surface area contributed by atoms with Gasteiger partial charge in [0.1, 0.15) is 0 Å². The van der Waals surface area contributed by atoms with Gasteiger partial charge >= 0.3 is 0 Å². The standard InChI is InChI=1S/C13H24N4/c1-12(2,3)14-7-10-8-15-16-9-11(10)17-13(4,5)6/h8-9,14H,7H2,1-6H3,(H,15,17). The predicted octanol–water partition coefficient (Wildman–Crippen LogP) is 2.58. The number of aromatic nitrogens is 2. The summed E-state index contributed by atoms with van der Waals surface area (Å²) in [4.78, 5) is 0. The molecular weight excluding hydrogens is 212 g/mol. The van der Waals surface area contributed by atoms with E-state index >= 15 is 0 Å². The van der Waals surface area contributed by atoms with Gasteiger partial charge < -0.3 is 10.6 Å². The van der Waals surface area contributed by atoms with E-state index in [2.05, 4.69) is 62.4 Å². The van der Waals surface area contributed by atoms with Crippen LogP contribution in [0.25, 0.3) is 0 Å².